The van der Waals surface area contributed by atoms with E-state index in [1.54, 1.807) is 25.1 Å². The number of benzene rings is 1. The Morgan fingerprint density at radius 1 is 1.31 bits per heavy atom. The van der Waals surface area contributed by atoms with Crippen molar-refractivity contribution in [3.8, 4) is 11.5 Å². The van der Waals surface area contributed by atoms with Crippen molar-refractivity contribution in [1.29, 1.82) is 0 Å². The van der Waals surface area contributed by atoms with E-state index in [0.717, 1.165) is 22.0 Å². The van der Waals surface area contributed by atoms with Crippen LogP contribution in [0.3, 0.4) is 0 Å². The Bertz CT molecular complexity index is 859. The van der Waals surface area contributed by atoms with Gasteiger partial charge in [-0.1, -0.05) is 12.1 Å². The quantitative estimate of drug-likeness (QED) is 0.614. The lowest BCUT2D eigenvalue weighted by Crippen LogP contribution is -2.23. The fourth-order valence-corrected chi connectivity index (χ4v) is 3.22. The fraction of sp³-hybridized carbons (Fsp3) is 0.263. The van der Waals surface area contributed by atoms with Crippen LogP contribution >= 0.6 is 11.8 Å². The van der Waals surface area contributed by atoms with Crippen LogP contribution in [0.5, 0.6) is 0 Å². The number of ether oxygens (including phenoxy) is 1. The summed E-state index contributed by atoms with van der Waals surface area (Å²) < 4.78 is 12.5. The minimum atomic E-state index is -0.110. The third kappa shape index (κ3) is 4.17. The van der Waals surface area contributed by atoms with E-state index in [0.29, 0.717) is 25.3 Å². The first-order valence-corrected chi connectivity index (χ1v) is 9.46. The van der Waals surface area contributed by atoms with Gasteiger partial charge >= 0.3 is 0 Å². The van der Waals surface area contributed by atoms with E-state index >= 15 is 0 Å². The minimum absolute atomic E-state index is 0.110. The smallest absolute Gasteiger partial charge is 0.252 e. The second kappa shape index (κ2) is 8.73. The summed E-state index contributed by atoms with van der Waals surface area (Å²) in [5.41, 5.74) is 2.30. The summed E-state index contributed by atoms with van der Waals surface area (Å²) in [6.45, 7) is 1.49. The number of aromatic nitrogens is 2. The van der Waals surface area contributed by atoms with E-state index in [2.05, 4.69) is 10.4 Å². The van der Waals surface area contributed by atoms with Crippen molar-refractivity contribution in [3.05, 3.63) is 60.0 Å². The first-order valence-electron chi connectivity index (χ1n) is 8.23. The van der Waals surface area contributed by atoms with E-state index in [1.165, 1.54) is 0 Å². The highest BCUT2D eigenvalue weighted by atomic mass is 32.2. The predicted molar refractivity (Wildman–Crippen MR) is 101 cm³/mol. The van der Waals surface area contributed by atoms with E-state index in [9.17, 15) is 4.79 Å². The molecule has 0 bridgehead atoms. The predicted octanol–water partition coefficient (Wildman–Crippen LogP) is 3.44. The van der Waals surface area contributed by atoms with Gasteiger partial charge in [0.25, 0.3) is 5.91 Å². The molecule has 0 aliphatic heterocycles. The van der Waals surface area contributed by atoms with E-state index in [-0.39, 0.29) is 5.91 Å². The Morgan fingerprint density at radius 2 is 2.15 bits per heavy atom. The van der Waals surface area contributed by atoms with Gasteiger partial charge in [-0.3, -0.25) is 9.48 Å². The van der Waals surface area contributed by atoms with Crippen molar-refractivity contribution in [2.75, 3.05) is 20.0 Å². The Hall–Kier alpha value is -2.51. The van der Waals surface area contributed by atoms with Gasteiger partial charge in [-0.15, -0.1) is 11.8 Å². The van der Waals surface area contributed by atoms with E-state index < -0.39 is 0 Å². The van der Waals surface area contributed by atoms with Crippen LogP contribution in [-0.2, 0) is 17.8 Å². The molecule has 6 nitrogen and oxygen atoms in total. The van der Waals surface area contributed by atoms with Crippen molar-refractivity contribution < 1.29 is 13.9 Å². The van der Waals surface area contributed by atoms with E-state index in [4.69, 9.17) is 9.15 Å². The number of amides is 1. The topological polar surface area (TPSA) is 69.3 Å². The molecule has 3 rings (SSSR count). The van der Waals surface area contributed by atoms with Crippen molar-refractivity contribution in [1.82, 2.24) is 15.1 Å². The van der Waals surface area contributed by atoms with E-state index in [1.807, 2.05) is 53.4 Å². The van der Waals surface area contributed by atoms with Gasteiger partial charge in [-0.05, 0) is 36.6 Å². The molecule has 0 atom stereocenters. The normalized spacial score (nSPS) is 10.8. The molecule has 0 aliphatic rings. The molecule has 1 N–H and O–H groups in total. The van der Waals surface area contributed by atoms with Crippen LogP contribution in [-0.4, -0.2) is 35.7 Å². The molecule has 136 valence electrons. The fourth-order valence-electron chi connectivity index (χ4n) is 2.63. The number of methoxy groups -OCH3 is 1. The number of nitrogens with zero attached hydrogens (tertiary/aromatic N) is 2. The van der Waals surface area contributed by atoms with Crippen LogP contribution in [0.25, 0.3) is 11.5 Å². The number of carbonyl (C=O) groups excluding carboxylic acids is 1. The third-order valence-corrected chi connectivity index (χ3v) is 4.69. The lowest BCUT2D eigenvalue weighted by atomic mass is 10.2. The first kappa shape index (κ1) is 18.3. The van der Waals surface area contributed by atoms with Gasteiger partial charge in [0, 0.05) is 12.0 Å². The van der Waals surface area contributed by atoms with Crippen molar-refractivity contribution >= 4 is 17.7 Å². The number of nitrogens with one attached hydrogen (secondary N) is 1. The van der Waals surface area contributed by atoms with Crippen LogP contribution in [0.2, 0.25) is 0 Å². The molecule has 0 spiro atoms. The van der Waals surface area contributed by atoms with Gasteiger partial charge < -0.3 is 14.5 Å². The summed E-state index contributed by atoms with van der Waals surface area (Å²) >= 11 is 1.55. The maximum Gasteiger partial charge on any atom is 0.252 e. The molecule has 7 heteroatoms. The van der Waals surface area contributed by atoms with Crippen molar-refractivity contribution in [2.45, 2.75) is 18.0 Å². The average molecular weight is 371 g/mol. The van der Waals surface area contributed by atoms with Crippen LogP contribution in [0.4, 0.5) is 0 Å². The zero-order chi connectivity index (χ0) is 18.4. The number of carbonyl (C=O) groups is 1. The molecule has 0 saturated heterocycles. The van der Waals surface area contributed by atoms with Gasteiger partial charge in [0.2, 0.25) is 0 Å². The van der Waals surface area contributed by atoms with Crippen LogP contribution in [0.15, 0.2) is 58.0 Å². The Kier molecular flexibility index (Phi) is 6.14. The zero-order valence-corrected chi connectivity index (χ0v) is 15.6. The number of hydrogen-bond donors (Lipinski definition) is 1. The summed E-state index contributed by atoms with van der Waals surface area (Å²) in [4.78, 5) is 13.4. The molecular weight excluding hydrogens is 350 g/mol. The molecule has 2 heterocycles. The number of furan rings is 1. The molecule has 2 aromatic heterocycles. The van der Waals surface area contributed by atoms with Crippen molar-refractivity contribution in [2.24, 2.45) is 0 Å². The maximum atomic E-state index is 12.5. The Labute approximate surface area is 156 Å². The number of rotatable bonds is 8. The summed E-state index contributed by atoms with van der Waals surface area (Å²) in [5, 5.41) is 7.51. The second-order valence-electron chi connectivity index (χ2n) is 5.60. The molecular formula is C19H21N3O3S. The highest BCUT2D eigenvalue weighted by molar-refractivity contribution is 7.98. The van der Waals surface area contributed by atoms with Crippen LogP contribution in [0, 0.1) is 0 Å². The molecule has 0 fully saturated rings. The molecule has 1 aromatic carbocycles. The van der Waals surface area contributed by atoms with Gasteiger partial charge in [-0.25, -0.2) is 0 Å². The van der Waals surface area contributed by atoms with Gasteiger partial charge in [0.05, 0.1) is 37.2 Å². The SMILES string of the molecule is COCCn1nc(CNC(=O)c2ccccc2SC)cc1-c1ccco1. The van der Waals surface area contributed by atoms with Crippen molar-refractivity contribution in [3.63, 3.8) is 0 Å². The average Bonchev–Trinajstić information content (AvgIpc) is 3.33. The molecule has 3 aromatic rings. The maximum absolute atomic E-state index is 12.5. The standard InChI is InChI=1S/C19H21N3O3S/c1-24-11-9-22-16(17-7-5-10-25-17)12-14(21-22)13-20-19(23)15-6-3-4-8-18(15)26-2/h3-8,10,12H,9,11,13H2,1-2H3,(H,20,23). The summed E-state index contributed by atoms with van der Waals surface area (Å²) in [6.07, 6.45) is 3.59. The molecule has 1 amide bonds. The number of hydrogen-bond acceptors (Lipinski definition) is 5. The summed E-state index contributed by atoms with van der Waals surface area (Å²) in [6, 6.07) is 13.2. The van der Waals surface area contributed by atoms with Gasteiger partial charge in [-0.2, -0.15) is 5.10 Å². The molecule has 0 aliphatic carbocycles. The molecule has 26 heavy (non-hydrogen) atoms. The Balaban J connectivity index is 1.74. The van der Waals surface area contributed by atoms with Crippen LogP contribution in [0.1, 0.15) is 16.1 Å². The molecule has 0 saturated carbocycles. The third-order valence-electron chi connectivity index (χ3n) is 3.89. The molecule has 0 radical (unpaired) electrons. The highest BCUT2D eigenvalue weighted by Crippen LogP contribution is 2.22. The minimum Gasteiger partial charge on any atom is -0.463 e. The zero-order valence-electron chi connectivity index (χ0n) is 14.8. The largest absolute Gasteiger partial charge is 0.463 e. The van der Waals surface area contributed by atoms with Gasteiger partial charge in [0.1, 0.15) is 5.69 Å². The first-order chi connectivity index (χ1) is 12.7. The highest BCUT2D eigenvalue weighted by Gasteiger charge is 2.14. The number of thioether (sulfide) groups is 1. The molecule has 0 unspecified atom stereocenters. The lowest BCUT2D eigenvalue weighted by molar-refractivity contribution is 0.0947. The monoisotopic (exact) mass is 371 g/mol. The second-order valence-corrected chi connectivity index (χ2v) is 6.45. The van der Waals surface area contributed by atoms with Crippen LogP contribution < -0.4 is 5.32 Å². The Morgan fingerprint density at radius 3 is 2.88 bits per heavy atom. The van der Waals surface area contributed by atoms with Gasteiger partial charge in [0.15, 0.2) is 5.76 Å². The summed E-state index contributed by atoms with van der Waals surface area (Å²) in [5.74, 6) is 0.625. The lowest BCUT2D eigenvalue weighted by Gasteiger charge is -2.07. The summed E-state index contributed by atoms with van der Waals surface area (Å²) in [7, 11) is 1.65.